The molecule has 1 aromatic rings. The van der Waals surface area contributed by atoms with Gasteiger partial charge in [-0.2, -0.15) is 0 Å². The Bertz CT molecular complexity index is 457. The molecule has 2 unspecified atom stereocenters. The average molecular weight is 248 g/mol. The van der Waals surface area contributed by atoms with E-state index in [1.807, 2.05) is 18.2 Å². The molecule has 3 atom stereocenters. The maximum atomic E-state index is 10.4. The fourth-order valence-corrected chi connectivity index (χ4v) is 3.38. The van der Waals surface area contributed by atoms with Gasteiger partial charge in [-0.25, -0.2) is 0 Å². The highest BCUT2D eigenvalue weighted by Gasteiger charge is 2.47. The van der Waals surface area contributed by atoms with Crippen LogP contribution in [0.5, 0.6) is 11.5 Å². The molecule has 1 aromatic carbocycles. The number of aliphatic hydroxyl groups is 1. The molecule has 0 radical (unpaired) electrons. The van der Waals surface area contributed by atoms with Crippen LogP contribution in [-0.2, 0) is 0 Å². The lowest BCUT2D eigenvalue weighted by atomic mass is 9.82. The largest absolute Gasteiger partial charge is 0.497 e. The Balaban J connectivity index is 1.98. The number of hydrogen-bond acceptors (Lipinski definition) is 3. The van der Waals surface area contributed by atoms with E-state index < -0.39 is 6.10 Å². The number of aliphatic hydroxyl groups excluding tert-OH is 1. The summed E-state index contributed by atoms with van der Waals surface area (Å²) in [6.07, 6.45) is 3.70. The van der Waals surface area contributed by atoms with E-state index in [1.165, 1.54) is 12.8 Å². The van der Waals surface area contributed by atoms with E-state index in [0.29, 0.717) is 12.3 Å². The van der Waals surface area contributed by atoms with Gasteiger partial charge in [0.25, 0.3) is 0 Å². The Labute approximate surface area is 108 Å². The van der Waals surface area contributed by atoms with Crippen molar-refractivity contribution in [3.05, 3.63) is 23.8 Å². The van der Waals surface area contributed by atoms with Gasteiger partial charge in [-0.1, -0.05) is 6.92 Å². The van der Waals surface area contributed by atoms with Crippen LogP contribution in [0.4, 0.5) is 0 Å². The minimum atomic E-state index is -0.440. The van der Waals surface area contributed by atoms with Crippen molar-refractivity contribution < 1.29 is 14.6 Å². The number of fused-ring (bicyclic) bond motifs is 1. The maximum Gasteiger partial charge on any atom is 0.126 e. The Hall–Kier alpha value is -1.22. The predicted molar refractivity (Wildman–Crippen MR) is 68.9 cm³/mol. The Morgan fingerprint density at radius 3 is 2.94 bits per heavy atom. The summed E-state index contributed by atoms with van der Waals surface area (Å²) in [6.45, 7) is 2.23. The summed E-state index contributed by atoms with van der Waals surface area (Å²) in [7, 11) is 1.64. The van der Waals surface area contributed by atoms with E-state index in [0.717, 1.165) is 23.5 Å². The molecular formula is C15H20O3. The summed E-state index contributed by atoms with van der Waals surface area (Å²) in [6, 6.07) is 5.69. The summed E-state index contributed by atoms with van der Waals surface area (Å²) in [5.74, 6) is 2.11. The molecule has 3 rings (SSSR count). The highest BCUT2D eigenvalue weighted by atomic mass is 16.5. The van der Waals surface area contributed by atoms with Gasteiger partial charge in [0.1, 0.15) is 17.1 Å². The van der Waals surface area contributed by atoms with E-state index in [9.17, 15) is 5.11 Å². The van der Waals surface area contributed by atoms with Crippen LogP contribution in [0.25, 0.3) is 0 Å². The monoisotopic (exact) mass is 248 g/mol. The first-order chi connectivity index (χ1) is 8.64. The zero-order valence-corrected chi connectivity index (χ0v) is 11.0. The molecular weight excluding hydrogens is 228 g/mol. The molecule has 1 aliphatic heterocycles. The van der Waals surface area contributed by atoms with Gasteiger partial charge in [0.2, 0.25) is 0 Å². The summed E-state index contributed by atoms with van der Waals surface area (Å²) in [5, 5.41) is 10.4. The van der Waals surface area contributed by atoms with Crippen LogP contribution in [0.15, 0.2) is 18.2 Å². The van der Waals surface area contributed by atoms with E-state index >= 15 is 0 Å². The number of methoxy groups -OCH3 is 1. The molecule has 1 heterocycles. The fraction of sp³-hybridized carbons (Fsp3) is 0.600. The maximum absolute atomic E-state index is 10.4. The molecule has 0 saturated heterocycles. The lowest BCUT2D eigenvalue weighted by Gasteiger charge is -2.41. The van der Waals surface area contributed by atoms with Gasteiger partial charge in [-0.3, -0.25) is 0 Å². The van der Waals surface area contributed by atoms with Crippen molar-refractivity contribution >= 4 is 0 Å². The molecule has 0 amide bonds. The zero-order chi connectivity index (χ0) is 12.8. The van der Waals surface area contributed by atoms with Crippen LogP contribution < -0.4 is 9.47 Å². The van der Waals surface area contributed by atoms with Gasteiger partial charge in [0, 0.05) is 12.0 Å². The summed E-state index contributed by atoms with van der Waals surface area (Å²) < 4.78 is 11.4. The van der Waals surface area contributed by atoms with Crippen LogP contribution in [0, 0.1) is 5.92 Å². The minimum absolute atomic E-state index is 0.152. The van der Waals surface area contributed by atoms with Gasteiger partial charge in [0.05, 0.1) is 13.2 Å². The van der Waals surface area contributed by atoms with Gasteiger partial charge >= 0.3 is 0 Å². The Morgan fingerprint density at radius 2 is 2.28 bits per heavy atom. The van der Waals surface area contributed by atoms with Crippen LogP contribution >= 0.6 is 0 Å². The molecule has 18 heavy (non-hydrogen) atoms. The third kappa shape index (κ3) is 1.69. The molecule has 0 aromatic heterocycles. The van der Waals surface area contributed by atoms with Crippen molar-refractivity contribution in [2.45, 2.75) is 44.3 Å². The van der Waals surface area contributed by atoms with Gasteiger partial charge < -0.3 is 14.6 Å². The van der Waals surface area contributed by atoms with E-state index in [2.05, 4.69) is 6.92 Å². The SMILES string of the molecule is COc1ccc2c(c1)[C@H](O)CC1(CCCC1C)O2. The van der Waals surface area contributed by atoms with E-state index in [1.54, 1.807) is 7.11 Å². The number of rotatable bonds is 1. The molecule has 3 nitrogen and oxygen atoms in total. The molecule has 2 aliphatic rings. The van der Waals surface area contributed by atoms with Crippen molar-refractivity contribution in [2.75, 3.05) is 7.11 Å². The van der Waals surface area contributed by atoms with Crippen LogP contribution in [0.1, 0.15) is 44.3 Å². The lowest BCUT2D eigenvalue weighted by molar-refractivity contribution is -0.0357. The molecule has 0 bridgehead atoms. The Morgan fingerprint density at radius 1 is 1.44 bits per heavy atom. The first-order valence-electron chi connectivity index (χ1n) is 6.70. The normalized spacial score (nSPS) is 34.2. The molecule has 1 aliphatic carbocycles. The second kappa shape index (κ2) is 4.16. The molecule has 3 heteroatoms. The van der Waals surface area contributed by atoms with Crippen LogP contribution in [0.2, 0.25) is 0 Å². The summed E-state index contributed by atoms with van der Waals surface area (Å²) in [4.78, 5) is 0. The van der Waals surface area contributed by atoms with Crippen molar-refractivity contribution in [2.24, 2.45) is 5.92 Å². The highest BCUT2D eigenvalue weighted by Crippen LogP contribution is 2.50. The van der Waals surface area contributed by atoms with Gasteiger partial charge in [0.15, 0.2) is 0 Å². The quantitative estimate of drug-likeness (QED) is 0.830. The second-order valence-corrected chi connectivity index (χ2v) is 5.58. The number of benzene rings is 1. The smallest absolute Gasteiger partial charge is 0.126 e. The third-order valence-corrected chi connectivity index (χ3v) is 4.56. The van der Waals surface area contributed by atoms with Crippen LogP contribution in [-0.4, -0.2) is 17.8 Å². The fourth-order valence-electron chi connectivity index (χ4n) is 3.38. The number of hydrogen-bond donors (Lipinski definition) is 1. The highest BCUT2D eigenvalue weighted by molar-refractivity contribution is 5.44. The molecule has 1 spiro atoms. The minimum Gasteiger partial charge on any atom is -0.497 e. The van der Waals surface area contributed by atoms with Crippen molar-refractivity contribution in [1.29, 1.82) is 0 Å². The standard InChI is InChI=1S/C15H20O3/c1-10-4-3-7-15(10)9-13(16)12-8-11(17-2)5-6-14(12)18-15/h5-6,8,10,13,16H,3-4,7,9H2,1-2H3/t10?,13-,15?/m1/s1. The van der Waals surface area contributed by atoms with Crippen molar-refractivity contribution in [3.63, 3.8) is 0 Å². The van der Waals surface area contributed by atoms with Crippen molar-refractivity contribution in [1.82, 2.24) is 0 Å². The predicted octanol–water partition coefficient (Wildman–Crippen LogP) is 3.07. The average Bonchev–Trinajstić information content (AvgIpc) is 2.70. The third-order valence-electron chi connectivity index (χ3n) is 4.56. The Kier molecular flexibility index (Phi) is 2.74. The first kappa shape index (κ1) is 11.8. The topological polar surface area (TPSA) is 38.7 Å². The molecule has 1 fully saturated rings. The van der Waals surface area contributed by atoms with Gasteiger partial charge in [-0.05, 0) is 43.4 Å². The number of ether oxygens (including phenoxy) is 2. The van der Waals surface area contributed by atoms with Crippen LogP contribution in [0.3, 0.4) is 0 Å². The molecule has 98 valence electrons. The lowest BCUT2D eigenvalue weighted by Crippen LogP contribution is -2.43. The summed E-state index contributed by atoms with van der Waals surface area (Å²) >= 11 is 0. The van der Waals surface area contributed by atoms with E-state index in [4.69, 9.17) is 9.47 Å². The van der Waals surface area contributed by atoms with Gasteiger partial charge in [-0.15, -0.1) is 0 Å². The van der Waals surface area contributed by atoms with Crippen molar-refractivity contribution in [3.8, 4) is 11.5 Å². The first-order valence-corrected chi connectivity index (χ1v) is 6.70. The second-order valence-electron chi connectivity index (χ2n) is 5.58. The zero-order valence-electron chi connectivity index (χ0n) is 11.0. The molecule has 1 N–H and O–H groups in total. The molecule has 1 saturated carbocycles. The van der Waals surface area contributed by atoms with E-state index in [-0.39, 0.29) is 5.60 Å². The summed E-state index contributed by atoms with van der Waals surface area (Å²) in [5.41, 5.74) is 0.708.